The third-order valence-electron chi connectivity index (χ3n) is 6.55. The van der Waals surface area contributed by atoms with Crippen LogP contribution in [0.4, 0.5) is 5.69 Å². The Labute approximate surface area is 211 Å². The van der Waals surface area contributed by atoms with Crippen molar-refractivity contribution < 1.29 is 14.3 Å². The highest BCUT2D eigenvalue weighted by Crippen LogP contribution is 2.29. The van der Waals surface area contributed by atoms with Gasteiger partial charge < -0.3 is 19.3 Å². The number of ether oxygens (including phenoxy) is 2. The first-order valence-corrected chi connectivity index (χ1v) is 12.1. The van der Waals surface area contributed by atoms with Crippen LogP contribution in [-0.2, 0) is 0 Å². The van der Waals surface area contributed by atoms with Crippen molar-refractivity contribution in [2.45, 2.75) is 6.92 Å². The number of hydrogen-bond acceptors (Lipinski definition) is 5. The molecule has 1 fully saturated rings. The van der Waals surface area contributed by atoms with E-state index in [-0.39, 0.29) is 5.91 Å². The molecule has 0 saturated carbocycles. The molecule has 4 aromatic rings. The van der Waals surface area contributed by atoms with Crippen molar-refractivity contribution in [2.75, 3.05) is 45.3 Å². The molecular weight excluding hydrogens is 452 g/mol. The number of piperazine rings is 1. The first kappa shape index (κ1) is 23.5. The van der Waals surface area contributed by atoms with Crippen molar-refractivity contribution in [3.05, 3.63) is 90.1 Å². The van der Waals surface area contributed by atoms with Crippen molar-refractivity contribution in [1.29, 1.82) is 0 Å². The summed E-state index contributed by atoms with van der Waals surface area (Å²) in [5, 5.41) is 4.85. The van der Waals surface area contributed by atoms with Gasteiger partial charge in [0.05, 0.1) is 31.3 Å². The van der Waals surface area contributed by atoms with Gasteiger partial charge >= 0.3 is 0 Å². The Morgan fingerprint density at radius 1 is 0.833 bits per heavy atom. The lowest BCUT2D eigenvalue weighted by atomic mass is 10.1. The van der Waals surface area contributed by atoms with Gasteiger partial charge in [-0.15, -0.1) is 0 Å². The zero-order valence-electron chi connectivity index (χ0n) is 20.8. The van der Waals surface area contributed by atoms with Crippen LogP contribution >= 0.6 is 0 Å². The standard InChI is InChI=1S/C29H30N4O3/c1-21-7-6-8-23(19-21)33-27(20-25(30-33)22-11-13-24(35-2)14-12-22)29(34)32-17-15-31(16-18-32)26-9-4-5-10-28(26)36-3/h4-14,19-20H,15-18H2,1-3H3. The normalized spacial score (nSPS) is 13.5. The van der Waals surface area contributed by atoms with Crippen molar-refractivity contribution in [2.24, 2.45) is 0 Å². The molecule has 2 heterocycles. The van der Waals surface area contributed by atoms with Crippen LogP contribution in [0.3, 0.4) is 0 Å². The summed E-state index contributed by atoms with van der Waals surface area (Å²) in [4.78, 5) is 18.0. The lowest BCUT2D eigenvalue weighted by Crippen LogP contribution is -2.49. The quantitative estimate of drug-likeness (QED) is 0.394. The maximum absolute atomic E-state index is 13.8. The van der Waals surface area contributed by atoms with E-state index in [9.17, 15) is 4.79 Å². The predicted octanol–water partition coefficient (Wildman–Crippen LogP) is 4.83. The van der Waals surface area contributed by atoms with Gasteiger partial charge in [0.1, 0.15) is 17.2 Å². The fraction of sp³-hybridized carbons (Fsp3) is 0.241. The van der Waals surface area contributed by atoms with E-state index < -0.39 is 0 Å². The summed E-state index contributed by atoms with van der Waals surface area (Å²) in [7, 11) is 3.33. The molecule has 36 heavy (non-hydrogen) atoms. The average Bonchev–Trinajstić information content (AvgIpc) is 3.38. The number of benzene rings is 3. The van der Waals surface area contributed by atoms with Crippen LogP contribution in [0.25, 0.3) is 16.9 Å². The molecule has 0 aliphatic carbocycles. The van der Waals surface area contributed by atoms with Crippen molar-refractivity contribution in [1.82, 2.24) is 14.7 Å². The molecule has 7 heteroatoms. The molecule has 0 atom stereocenters. The van der Waals surface area contributed by atoms with Crippen molar-refractivity contribution in [3.8, 4) is 28.4 Å². The topological polar surface area (TPSA) is 59.8 Å². The third kappa shape index (κ3) is 4.64. The van der Waals surface area contributed by atoms with E-state index in [1.54, 1.807) is 18.9 Å². The van der Waals surface area contributed by atoms with E-state index in [0.717, 1.165) is 52.8 Å². The van der Waals surface area contributed by atoms with Gasteiger partial charge in [0, 0.05) is 31.7 Å². The van der Waals surface area contributed by atoms with Crippen LogP contribution in [0.5, 0.6) is 11.5 Å². The number of methoxy groups -OCH3 is 2. The minimum Gasteiger partial charge on any atom is -0.497 e. The van der Waals surface area contributed by atoms with Crippen LogP contribution in [-0.4, -0.2) is 61.0 Å². The molecule has 0 bridgehead atoms. The molecule has 1 aliphatic rings. The van der Waals surface area contributed by atoms with Gasteiger partial charge in [0.15, 0.2) is 0 Å². The number of para-hydroxylation sites is 2. The fourth-order valence-electron chi connectivity index (χ4n) is 4.60. The summed E-state index contributed by atoms with van der Waals surface area (Å²) in [6.45, 7) is 4.74. The van der Waals surface area contributed by atoms with E-state index >= 15 is 0 Å². The molecule has 0 spiro atoms. The SMILES string of the molecule is COc1ccc(-c2cc(C(=O)N3CCN(c4ccccc4OC)CC3)n(-c3cccc(C)c3)n2)cc1. The van der Waals surface area contributed by atoms with Crippen LogP contribution in [0.15, 0.2) is 78.9 Å². The first-order chi connectivity index (χ1) is 17.6. The Hall–Kier alpha value is -4.26. The lowest BCUT2D eigenvalue weighted by Gasteiger charge is -2.36. The number of nitrogens with zero attached hydrogens (tertiary/aromatic N) is 4. The van der Waals surface area contributed by atoms with Crippen LogP contribution < -0.4 is 14.4 Å². The van der Waals surface area contributed by atoms with Crippen LogP contribution in [0.2, 0.25) is 0 Å². The number of aromatic nitrogens is 2. The molecule has 7 nitrogen and oxygen atoms in total. The molecule has 0 unspecified atom stereocenters. The highest BCUT2D eigenvalue weighted by Gasteiger charge is 2.27. The number of aryl methyl sites for hydroxylation is 1. The van der Waals surface area contributed by atoms with Gasteiger partial charge in [0.2, 0.25) is 0 Å². The summed E-state index contributed by atoms with van der Waals surface area (Å²) in [5.74, 6) is 1.60. The van der Waals surface area contributed by atoms with Gasteiger partial charge in [-0.3, -0.25) is 4.79 Å². The number of carbonyl (C=O) groups is 1. The fourth-order valence-corrected chi connectivity index (χ4v) is 4.60. The first-order valence-electron chi connectivity index (χ1n) is 12.1. The second-order valence-corrected chi connectivity index (χ2v) is 8.85. The Balaban J connectivity index is 1.43. The molecule has 1 saturated heterocycles. The van der Waals surface area contributed by atoms with Crippen molar-refractivity contribution >= 4 is 11.6 Å². The Kier molecular flexibility index (Phi) is 6.62. The zero-order chi connectivity index (χ0) is 25.1. The van der Waals surface area contributed by atoms with E-state index in [1.165, 1.54) is 0 Å². The molecule has 0 N–H and O–H groups in total. The molecule has 3 aromatic carbocycles. The number of hydrogen-bond donors (Lipinski definition) is 0. The predicted molar refractivity (Wildman–Crippen MR) is 141 cm³/mol. The molecular formula is C29H30N4O3. The van der Waals surface area contributed by atoms with E-state index in [4.69, 9.17) is 14.6 Å². The van der Waals surface area contributed by atoms with E-state index in [2.05, 4.69) is 11.0 Å². The summed E-state index contributed by atoms with van der Waals surface area (Å²) >= 11 is 0. The molecule has 184 valence electrons. The summed E-state index contributed by atoms with van der Waals surface area (Å²) in [6, 6.07) is 25.7. The number of anilines is 1. The summed E-state index contributed by atoms with van der Waals surface area (Å²) in [5.41, 5.74) is 5.26. The highest BCUT2D eigenvalue weighted by atomic mass is 16.5. The van der Waals surface area contributed by atoms with Crippen molar-refractivity contribution in [3.63, 3.8) is 0 Å². The third-order valence-corrected chi connectivity index (χ3v) is 6.55. The van der Waals surface area contributed by atoms with E-state index in [0.29, 0.717) is 18.8 Å². The number of rotatable bonds is 6. The molecule has 1 amide bonds. The monoisotopic (exact) mass is 482 g/mol. The molecule has 1 aliphatic heterocycles. The summed E-state index contributed by atoms with van der Waals surface area (Å²) in [6.07, 6.45) is 0. The maximum atomic E-state index is 13.8. The maximum Gasteiger partial charge on any atom is 0.272 e. The van der Waals surface area contributed by atoms with Crippen LogP contribution in [0, 0.1) is 6.92 Å². The smallest absolute Gasteiger partial charge is 0.272 e. The van der Waals surface area contributed by atoms with E-state index in [1.807, 2.05) is 84.6 Å². The number of carbonyl (C=O) groups excluding carboxylic acids is 1. The van der Waals surface area contributed by atoms with Gasteiger partial charge in [-0.1, -0.05) is 24.3 Å². The van der Waals surface area contributed by atoms with Gasteiger partial charge in [-0.25, -0.2) is 4.68 Å². The lowest BCUT2D eigenvalue weighted by molar-refractivity contribution is 0.0737. The molecule has 0 radical (unpaired) electrons. The van der Waals surface area contributed by atoms with Gasteiger partial charge in [0.25, 0.3) is 5.91 Å². The largest absolute Gasteiger partial charge is 0.497 e. The minimum absolute atomic E-state index is 0.0246. The Bertz CT molecular complexity index is 1360. The minimum atomic E-state index is -0.0246. The zero-order valence-corrected chi connectivity index (χ0v) is 20.8. The highest BCUT2D eigenvalue weighted by molar-refractivity contribution is 5.94. The van der Waals surface area contributed by atoms with Crippen LogP contribution in [0.1, 0.15) is 16.1 Å². The molecule has 5 rings (SSSR count). The van der Waals surface area contributed by atoms with Gasteiger partial charge in [-0.2, -0.15) is 5.10 Å². The Morgan fingerprint density at radius 3 is 2.28 bits per heavy atom. The average molecular weight is 483 g/mol. The second-order valence-electron chi connectivity index (χ2n) is 8.85. The second kappa shape index (κ2) is 10.2. The summed E-state index contributed by atoms with van der Waals surface area (Å²) < 4.78 is 12.6. The van der Waals surface area contributed by atoms with Gasteiger partial charge in [-0.05, 0) is 67.1 Å². The molecule has 1 aromatic heterocycles. The Morgan fingerprint density at radius 2 is 1.58 bits per heavy atom. The number of amides is 1.